The van der Waals surface area contributed by atoms with Gasteiger partial charge in [0, 0.05) is 18.6 Å². The minimum atomic E-state index is 0.716. The van der Waals surface area contributed by atoms with E-state index >= 15 is 0 Å². The van der Waals surface area contributed by atoms with Crippen molar-refractivity contribution in [1.82, 2.24) is 9.80 Å². The zero-order valence-electron chi connectivity index (χ0n) is 8.88. The molecule has 2 nitrogen and oxygen atoms in total. The van der Waals surface area contributed by atoms with Gasteiger partial charge in [-0.25, -0.2) is 0 Å². The van der Waals surface area contributed by atoms with Crippen LogP contribution in [0, 0.1) is 0 Å². The average Bonchev–Trinajstić information content (AvgIpc) is 2.04. The van der Waals surface area contributed by atoms with Crippen molar-refractivity contribution in [1.29, 1.82) is 0 Å². The highest BCUT2D eigenvalue weighted by molar-refractivity contribution is 4.79. The molecule has 1 fully saturated rings. The fraction of sp³-hybridized carbons (Fsp3) is 1.00. The molecule has 1 atom stereocenters. The van der Waals surface area contributed by atoms with Gasteiger partial charge >= 0.3 is 0 Å². The standard InChI is InChI=1S/C10H22N2/c1-9(2)12-7-5-6-10(8-12)11(3)4/h9-10H,5-8H2,1-4H3/t10-/m0/s1. The van der Waals surface area contributed by atoms with E-state index in [1.807, 2.05) is 0 Å². The van der Waals surface area contributed by atoms with Crippen LogP contribution in [0.1, 0.15) is 26.7 Å². The van der Waals surface area contributed by atoms with E-state index in [2.05, 4.69) is 37.7 Å². The van der Waals surface area contributed by atoms with E-state index in [0.29, 0.717) is 6.04 Å². The van der Waals surface area contributed by atoms with Crippen LogP contribution >= 0.6 is 0 Å². The summed E-state index contributed by atoms with van der Waals surface area (Å²) in [4.78, 5) is 4.93. The van der Waals surface area contributed by atoms with Crippen molar-refractivity contribution in [3.63, 3.8) is 0 Å². The Kier molecular flexibility index (Phi) is 3.53. The van der Waals surface area contributed by atoms with Crippen molar-refractivity contribution < 1.29 is 0 Å². The number of hydrogen-bond donors (Lipinski definition) is 0. The lowest BCUT2D eigenvalue weighted by Crippen LogP contribution is -2.47. The molecular formula is C10H22N2. The molecule has 0 spiro atoms. The Morgan fingerprint density at radius 1 is 1.33 bits per heavy atom. The highest BCUT2D eigenvalue weighted by Crippen LogP contribution is 2.15. The quantitative estimate of drug-likeness (QED) is 0.618. The van der Waals surface area contributed by atoms with Crippen LogP contribution in [0.25, 0.3) is 0 Å². The Morgan fingerprint density at radius 3 is 2.50 bits per heavy atom. The molecule has 0 amide bonds. The molecule has 0 radical (unpaired) electrons. The number of hydrogen-bond acceptors (Lipinski definition) is 2. The average molecular weight is 170 g/mol. The molecule has 72 valence electrons. The van der Waals surface area contributed by atoms with Crippen LogP contribution in [0.3, 0.4) is 0 Å². The van der Waals surface area contributed by atoms with Crippen molar-refractivity contribution in [3.05, 3.63) is 0 Å². The minimum absolute atomic E-state index is 0.716. The van der Waals surface area contributed by atoms with Crippen molar-refractivity contribution >= 4 is 0 Å². The van der Waals surface area contributed by atoms with Gasteiger partial charge in [0.05, 0.1) is 0 Å². The first kappa shape index (κ1) is 10.0. The second kappa shape index (κ2) is 4.24. The summed E-state index contributed by atoms with van der Waals surface area (Å²) in [6.07, 6.45) is 2.73. The molecule has 1 aliphatic heterocycles. The Morgan fingerprint density at radius 2 is 2.00 bits per heavy atom. The van der Waals surface area contributed by atoms with E-state index in [1.54, 1.807) is 0 Å². The Labute approximate surface area is 76.5 Å². The van der Waals surface area contributed by atoms with E-state index < -0.39 is 0 Å². The van der Waals surface area contributed by atoms with Crippen LogP contribution in [0.15, 0.2) is 0 Å². The third-order valence-electron chi connectivity index (χ3n) is 2.89. The number of rotatable bonds is 2. The minimum Gasteiger partial charge on any atom is -0.305 e. The lowest BCUT2D eigenvalue weighted by molar-refractivity contribution is 0.109. The second-order valence-electron chi connectivity index (χ2n) is 4.35. The summed E-state index contributed by atoms with van der Waals surface area (Å²) in [6, 6.07) is 1.49. The molecule has 1 heterocycles. The number of nitrogens with zero attached hydrogens (tertiary/aromatic N) is 2. The maximum atomic E-state index is 2.58. The Balaban J connectivity index is 2.40. The highest BCUT2D eigenvalue weighted by Gasteiger charge is 2.22. The topological polar surface area (TPSA) is 6.48 Å². The van der Waals surface area contributed by atoms with Crippen molar-refractivity contribution in [3.8, 4) is 0 Å². The van der Waals surface area contributed by atoms with Gasteiger partial charge in [-0.15, -0.1) is 0 Å². The normalized spacial score (nSPS) is 27.0. The van der Waals surface area contributed by atoms with E-state index in [0.717, 1.165) is 6.04 Å². The summed E-state index contributed by atoms with van der Waals surface area (Å²) in [6.45, 7) is 7.13. The van der Waals surface area contributed by atoms with E-state index in [9.17, 15) is 0 Å². The van der Waals surface area contributed by atoms with Crippen molar-refractivity contribution in [2.24, 2.45) is 0 Å². The molecule has 2 heteroatoms. The van der Waals surface area contributed by atoms with E-state index in [1.165, 1.54) is 25.9 Å². The van der Waals surface area contributed by atoms with Crippen LogP contribution in [0.5, 0.6) is 0 Å². The highest BCUT2D eigenvalue weighted by atomic mass is 15.2. The van der Waals surface area contributed by atoms with Gasteiger partial charge in [0.25, 0.3) is 0 Å². The number of likely N-dealkylation sites (N-methyl/N-ethyl adjacent to an activating group) is 1. The Bertz CT molecular complexity index is 118. The van der Waals surface area contributed by atoms with Crippen LogP contribution in [-0.4, -0.2) is 49.1 Å². The molecule has 0 N–H and O–H groups in total. The van der Waals surface area contributed by atoms with Gasteiger partial charge in [0.2, 0.25) is 0 Å². The van der Waals surface area contributed by atoms with Gasteiger partial charge in [-0.1, -0.05) is 0 Å². The second-order valence-corrected chi connectivity index (χ2v) is 4.35. The molecule has 0 aromatic carbocycles. The first-order chi connectivity index (χ1) is 5.61. The Hall–Kier alpha value is -0.0800. The first-order valence-corrected chi connectivity index (χ1v) is 5.01. The first-order valence-electron chi connectivity index (χ1n) is 5.01. The predicted molar refractivity (Wildman–Crippen MR) is 53.4 cm³/mol. The predicted octanol–water partition coefficient (Wildman–Crippen LogP) is 1.42. The summed E-state index contributed by atoms with van der Waals surface area (Å²) in [5, 5.41) is 0. The number of likely N-dealkylation sites (tertiary alicyclic amines) is 1. The summed E-state index contributed by atoms with van der Waals surface area (Å²) in [7, 11) is 4.38. The molecule has 1 saturated heterocycles. The molecule has 0 saturated carbocycles. The SMILES string of the molecule is CC(C)N1CCC[C@H](N(C)C)C1. The van der Waals surface area contributed by atoms with Gasteiger partial charge in [-0.2, -0.15) is 0 Å². The molecular weight excluding hydrogens is 148 g/mol. The van der Waals surface area contributed by atoms with Gasteiger partial charge in [0.1, 0.15) is 0 Å². The summed E-state index contributed by atoms with van der Waals surface area (Å²) in [5.41, 5.74) is 0. The van der Waals surface area contributed by atoms with Crippen LogP contribution in [-0.2, 0) is 0 Å². The van der Waals surface area contributed by atoms with Gasteiger partial charge < -0.3 is 4.90 Å². The van der Waals surface area contributed by atoms with Crippen LogP contribution in [0.2, 0.25) is 0 Å². The lowest BCUT2D eigenvalue weighted by Gasteiger charge is -2.38. The molecule has 0 aromatic rings. The summed E-state index contributed by atoms with van der Waals surface area (Å²) >= 11 is 0. The van der Waals surface area contributed by atoms with Gasteiger partial charge in [0.15, 0.2) is 0 Å². The molecule has 1 aliphatic rings. The molecule has 0 unspecified atom stereocenters. The monoisotopic (exact) mass is 170 g/mol. The number of piperidine rings is 1. The molecule has 1 rings (SSSR count). The van der Waals surface area contributed by atoms with E-state index in [4.69, 9.17) is 0 Å². The fourth-order valence-corrected chi connectivity index (χ4v) is 1.87. The lowest BCUT2D eigenvalue weighted by atomic mass is 10.0. The smallest absolute Gasteiger partial charge is 0.0217 e. The van der Waals surface area contributed by atoms with Gasteiger partial charge in [-0.05, 0) is 47.3 Å². The summed E-state index contributed by atoms with van der Waals surface area (Å²) in [5.74, 6) is 0. The van der Waals surface area contributed by atoms with Crippen molar-refractivity contribution in [2.75, 3.05) is 27.2 Å². The maximum absolute atomic E-state index is 2.58. The van der Waals surface area contributed by atoms with Crippen LogP contribution < -0.4 is 0 Å². The van der Waals surface area contributed by atoms with E-state index in [-0.39, 0.29) is 0 Å². The fourth-order valence-electron chi connectivity index (χ4n) is 1.87. The summed E-state index contributed by atoms with van der Waals surface area (Å²) < 4.78 is 0. The maximum Gasteiger partial charge on any atom is 0.0217 e. The molecule has 0 aliphatic carbocycles. The van der Waals surface area contributed by atoms with Crippen molar-refractivity contribution in [2.45, 2.75) is 38.8 Å². The molecule has 12 heavy (non-hydrogen) atoms. The third-order valence-corrected chi connectivity index (χ3v) is 2.89. The molecule has 0 bridgehead atoms. The van der Waals surface area contributed by atoms with Crippen LogP contribution in [0.4, 0.5) is 0 Å². The zero-order chi connectivity index (χ0) is 9.14. The largest absolute Gasteiger partial charge is 0.305 e. The zero-order valence-corrected chi connectivity index (χ0v) is 8.88. The third kappa shape index (κ3) is 2.46. The van der Waals surface area contributed by atoms with Gasteiger partial charge in [-0.3, -0.25) is 4.90 Å². The molecule has 0 aromatic heterocycles.